The molecule has 2 aromatic carbocycles. The molecular formula is C25H24N4O2. The second-order valence-corrected chi connectivity index (χ2v) is 8.88. The Hall–Kier alpha value is -3.51. The van der Waals surface area contributed by atoms with Crippen molar-refractivity contribution in [2.45, 2.75) is 19.5 Å². The summed E-state index contributed by atoms with van der Waals surface area (Å²) in [5.41, 5.74) is 9.56. The van der Waals surface area contributed by atoms with Crippen molar-refractivity contribution in [3.05, 3.63) is 89.3 Å². The van der Waals surface area contributed by atoms with Crippen molar-refractivity contribution in [3.8, 4) is 0 Å². The predicted molar refractivity (Wildman–Crippen MR) is 119 cm³/mol. The number of rotatable bonds is 4. The van der Waals surface area contributed by atoms with E-state index in [0.717, 1.165) is 30.6 Å². The molecule has 6 nitrogen and oxygen atoms in total. The molecule has 2 N–H and O–H groups in total. The van der Waals surface area contributed by atoms with E-state index in [1.807, 2.05) is 29.0 Å². The van der Waals surface area contributed by atoms with Crippen molar-refractivity contribution in [2.75, 3.05) is 13.6 Å². The van der Waals surface area contributed by atoms with E-state index in [1.54, 1.807) is 0 Å². The first-order valence-corrected chi connectivity index (χ1v) is 10.5. The van der Waals surface area contributed by atoms with Gasteiger partial charge >= 0.3 is 6.03 Å². The zero-order valence-electron chi connectivity index (χ0n) is 17.4. The van der Waals surface area contributed by atoms with Crippen LogP contribution >= 0.6 is 0 Å². The molecule has 1 fully saturated rings. The number of hydrogen-bond acceptors (Lipinski definition) is 3. The van der Waals surface area contributed by atoms with Crippen LogP contribution in [0, 0.1) is 5.41 Å². The zero-order chi connectivity index (χ0) is 21.3. The maximum absolute atomic E-state index is 12.9. The highest BCUT2D eigenvalue weighted by Crippen LogP contribution is 2.54. The molecule has 2 bridgehead atoms. The van der Waals surface area contributed by atoms with Crippen molar-refractivity contribution >= 4 is 22.6 Å². The van der Waals surface area contributed by atoms with E-state index in [-0.39, 0.29) is 11.4 Å². The smallest absolute Gasteiger partial charge is 0.324 e. The molecule has 1 atom stereocenters. The van der Waals surface area contributed by atoms with Gasteiger partial charge in [0.1, 0.15) is 0 Å². The summed E-state index contributed by atoms with van der Waals surface area (Å²) < 4.78 is 2.37. The number of aromatic nitrogens is 1. The first-order valence-electron chi connectivity index (χ1n) is 10.5. The topological polar surface area (TPSA) is 60.7 Å². The van der Waals surface area contributed by atoms with E-state index in [4.69, 9.17) is 5.21 Å². The largest absolute Gasteiger partial charge is 0.338 e. The van der Waals surface area contributed by atoms with Gasteiger partial charge in [0.05, 0.1) is 17.7 Å². The van der Waals surface area contributed by atoms with Crippen molar-refractivity contribution in [1.82, 2.24) is 19.8 Å². The third-order valence-corrected chi connectivity index (χ3v) is 7.04. The number of carbonyl (C=O) groups is 1. The van der Waals surface area contributed by atoms with Crippen LogP contribution in [0.1, 0.15) is 22.4 Å². The van der Waals surface area contributed by atoms with Crippen LogP contribution in [0.5, 0.6) is 0 Å². The molecule has 1 aromatic heterocycles. The van der Waals surface area contributed by atoms with Gasteiger partial charge in [-0.3, -0.25) is 10.7 Å². The van der Waals surface area contributed by atoms with E-state index in [0.29, 0.717) is 12.2 Å². The molecule has 1 saturated heterocycles. The fourth-order valence-electron chi connectivity index (χ4n) is 5.37. The normalized spacial score (nSPS) is 21.4. The minimum absolute atomic E-state index is 0.00215. The van der Waals surface area contributed by atoms with Crippen molar-refractivity contribution in [1.29, 1.82) is 0 Å². The number of hydroxylamine groups is 1. The Morgan fingerprint density at radius 1 is 1.19 bits per heavy atom. The first-order chi connectivity index (χ1) is 15.0. The molecule has 1 spiro atoms. The minimum Gasteiger partial charge on any atom is -0.338 e. The SMILES string of the molecule is C=C(NO)c1ccc(Cn2c3c(c4ccccc42)CC24C=C2N(C)C(=O)N(C3)C4)cc1. The number of fused-ring (bicyclic) bond motifs is 4. The number of urea groups is 1. The quantitative estimate of drug-likeness (QED) is 0.638. The highest BCUT2D eigenvalue weighted by molar-refractivity contribution is 5.88. The summed E-state index contributed by atoms with van der Waals surface area (Å²) >= 11 is 0. The van der Waals surface area contributed by atoms with Gasteiger partial charge in [-0.25, -0.2) is 4.79 Å². The van der Waals surface area contributed by atoms with E-state index in [2.05, 4.69) is 59.1 Å². The molecule has 2 amide bonds. The van der Waals surface area contributed by atoms with Gasteiger partial charge in [0.15, 0.2) is 0 Å². The Morgan fingerprint density at radius 2 is 1.97 bits per heavy atom. The zero-order valence-corrected chi connectivity index (χ0v) is 17.4. The highest BCUT2D eigenvalue weighted by Gasteiger charge is 2.55. The van der Waals surface area contributed by atoms with Crippen LogP contribution in [0.15, 0.2) is 66.9 Å². The van der Waals surface area contributed by atoms with E-state index < -0.39 is 0 Å². The lowest BCUT2D eigenvalue weighted by atomic mass is 9.91. The van der Waals surface area contributed by atoms with Crippen LogP contribution in [-0.2, 0) is 19.5 Å². The minimum atomic E-state index is 0.00215. The fourth-order valence-corrected chi connectivity index (χ4v) is 5.37. The van der Waals surface area contributed by atoms with Crippen LogP contribution in [0.2, 0.25) is 0 Å². The summed E-state index contributed by atoms with van der Waals surface area (Å²) in [4.78, 5) is 16.7. The maximum Gasteiger partial charge on any atom is 0.324 e. The van der Waals surface area contributed by atoms with Gasteiger partial charge in [-0.1, -0.05) is 49.0 Å². The van der Waals surface area contributed by atoms with Crippen molar-refractivity contribution < 1.29 is 10.0 Å². The van der Waals surface area contributed by atoms with Gasteiger partial charge in [-0.15, -0.1) is 0 Å². The number of nitrogens with zero attached hydrogens (tertiary/aromatic N) is 3. The van der Waals surface area contributed by atoms with Crippen LogP contribution in [0.3, 0.4) is 0 Å². The molecule has 3 heterocycles. The molecule has 3 aromatic rings. The Kier molecular flexibility index (Phi) is 3.68. The first kappa shape index (κ1) is 18.3. The highest BCUT2D eigenvalue weighted by atomic mass is 16.5. The second kappa shape index (κ2) is 6.25. The molecule has 1 unspecified atom stereocenters. The third kappa shape index (κ3) is 2.58. The summed E-state index contributed by atoms with van der Waals surface area (Å²) in [5.74, 6) is 0. The van der Waals surface area contributed by atoms with Gasteiger partial charge in [0.2, 0.25) is 0 Å². The average molecular weight is 412 g/mol. The Balaban J connectivity index is 1.44. The maximum atomic E-state index is 12.9. The molecule has 0 radical (unpaired) electrons. The molecule has 6 heteroatoms. The van der Waals surface area contributed by atoms with Crippen LogP contribution in [0.25, 0.3) is 16.6 Å². The molecule has 31 heavy (non-hydrogen) atoms. The molecule has 2 aliphatic heterocycles. The monoisotopic (exact) mass is 412 g/mol. The van der Waals surface area contributed by atoms with Gasteiger partial charge in [0, 0.05) is 42.4 Å². The summed E-state index contributed by atoms with van der Waals surface area (Å²) in [6.07, 6.45) is 3.22. The standard InChI is InChI=1S/C25H24N4O2/c1-16(26-31)18-9-7-17(8-10-18)13-29-21-6-4-3-5-19(21)20-11-25-12-23(25)27(2)24(30)28(15-25)14-22(20)29/h3-10,12,26,31H,1,11,13-15H2,2H3. The number of amides is 2. The average Bonchev–Trinajstić information content (AvgIpc) is 3.48. The molecule has 6 rings (SSSR count). The Labute approximate surface area is 180 Å². The van der Waals surface area contributed by atoms with E-state index in [9.17, 15) is 4.79 Å². The van der Waals surface area contributed by atoms with Crippen LogP contribution in [-0.4, -0.2) is 39.2 Å². The summed E-state index contributed by atoms with van der Waals surface area (Å²) in [5, 5.41) is 10.4. The lowest BCUT2D eigenvalue weighted by Gasteiger charge is -2.36. The van der Waals surface area contributed by atoms with E-state index >= 15 is 0 Å². The molecule has 0 saturated carbocycles. The van der Waals surface area contributed by atoms with Gasteiger partial charge < -0.3 is 14.4 Å². The second-order valence-electron chi connectivity index (χ2n) is 8.88. The molecule has 3 aliphatic rings. The van der Waals surface area contributed by atoms with Crippen LogP contribution in [0.4, 0.5) is 4.79 Å². The number of para-hydroxylation sites is 1. The van der Waals surface area contributed by atoms with E-state index in [1.165, 1.54) is 27.9 Å². The van der Waals surface area contributed by atoms with Gasteiger partial charge in [-0.05, 0) is 35.3 Å². The summed E-state index contributed by atoms with van der Waals surface area (Å²) in [7, 11) is 1.89. The third-order valence-electron chi connectivity index (χ3n) is 7.04. The number of carbonyl (C=O) groups excluding carboxylic acids is 1. The number of benzene rings is 2. The van der Waals surface area contributed by atoms with Crippen LogP contribution < -0.4 is 5.48 Å². The lowest BCUT2D eigenvalue weighted by Crippen LogP contribution is -2.48. The number of nitrogens with one attached hydrogen (secondary N) is 1. The predicted octanol–water partition coefficient (Wildman–Crippen LogP) is 3.95. The lowest BCUT2D eigenvalue weighted by molar-refractivity contribution is 0.138. The van der Waals surface area contributed by atoms with Gasteiger partial charge in [0.25, 0.3) is 0 Å². The Morgan fingerprint density at radius 3 is 2.74 bits per heavy atom. The fraction of sp³-hybridized carbons (Fsp3) is 0.240. The summed E-state index contributed by atoms with van der Waals surface area (Å²) in [6.45, 7) is 5.92. The molecule has 156 valence electrons. The van der Waals surface area contributed by atoms with Crippen molar-refractivity contribution in [3.63, 3.8) is 0 Å². The van der Waals surface area contributed by atoms with Crippen molar-refractivity contribution in [2.24, 2.45) is 5.41 Å². The van der Waals surface area contributed by atoms with Gasteiger partial charge in [-0.2, -0.15) is 0 Å². The Bertz CT molecular complexity index is 1290. The summed E-state index contributed by atoms with van der Waals surface area (Å²) in [6, 6.07) is 16.7. The number of hydrogen-bond donors (Lipinski definition) is 2. The molecular weight excluding hydrogens is 388 g/mol. The molecule has 1 aliphatic carbocycles.